The summed E-state index contributed by atoms with van der Waals surface area (Å²) in [6.07, 6.45) is 1.92. The number of hydrogen-bond donors (Lipinski definition) is 1. The minimum atomic E-state index is -3.42. The monoisotopic (exact) mass is 332 g/mol. The van der Waals surface area contributed by atoms with Gasteiger partial charge in [-0.3, -0.25) is 0 Å². The number of hydrogen-bond acceptors (Lipinski definition) is 3. The van der Waals surface area contributed by atoms with Crippen LogP contribution >= 0.6 is 15.9 Å². The molecule has 0 unspecified atom stereocenters. The van der Waals surface area contributed by atoms with Crippen LogP contribution in [-0.2, 0) is 10.0 Å². The van der Waals surface area contributed by atoms with E-state index in [0.29, 0.717) is 9.37 Å². The van der Waals surface area contributed by atoms with Crippen molar-refractivity contribution >= 4 is 26.0 Å². The molecule has 0 radical (unpaired) electrons. The molecule has 2 rings (SSSR count). The Morgan fingerprint density at radius 3 is 2.72 bits per heavy atom. The molecule has 1 aliphatic rings. The average Bonchev–Trinajstić information content (AvgIpc) is 2.39. The van der Waals surface area contributed by atoms with Crippen molar-refractivity contribution in [1.82, 2.24) is 9.62 Å². The van der Waals surface area contributed by atoms with E-state index in [2.05, 4.69) is 21.2 Å². The van der Waals surface area contributed by atoms with Crippen LogP contribution in [0.5, 0.6) is 0 Å². The molecule has 0 spiro atoms. The standard InChI is InChI=1S/C12H17BrN2O2S/c1-15(10-5-4-8-14-9-10)18(16,17)12-7-3-2-6-11(12)13/h2-3,6-7,10,14H,4-5,8-9H2,1H3/t10-/m1/s1. The van der Waals surface area contributed by atoms with E-state index in [1.165, 1.54) is 4.31 Å². The van der Waals surface area contributed by atoms with Gasteiger partial charge in [0.2, 0.25) is 10.0 Å². The van der Waals surface area contributed by atoms with Crippen LogP contribution in [0.3, 0.4) is 0 Å². The van der Waals surface area contributed by atoms with Gasteiger partial charge in [-0.15, -0.1) is 0 Å². The Hall–Kier alpha value is -0.430. The molecule has 1 aromatic rings. The number of likely N-dealkylation sites (N-methyl/N-ethyl adjacent to an activating group) is 1. The molecule has 0 amide bonds. The van der Waals surface area contributed by atoms with Crippen molar-refractivity contribution in [3.05, 3.63) is 28.7 Å². The number of sulfonamides is 1. The fourth-order valence-electron chi connectivity index (χ4n) is 2.15. The van der Waals surface area contributed by atoms with Gasteiger partial charge in [0.25, 0.3) is 0 Å². The Morgan fingerprint density at radius 2 is 2.11 bits per heavy atom. The summed E-state index contributed by atoms with van der Waals surface area (Å²) in [5.74, 6) is 0. The fraction of sp³-hybridized carbons (Fsp3) is 0.500. The van der Waals surface area contributed by atoms with Crippen LogP contribution in [0.2, 0.25) is 0 Å². The average molecular weight is 333 g/mol. The predicted molar refractivity (Wildman–Crippen MR) is 75.0 cm³/mol. The van der Waals surface area contributed by atoms with Crippen molar-refractivity contribution in [2.24, 2.45) is 0 Å². The second-order valence-electron chi connectivity index (χ2n) is 4.45. The molecule has 1 aliphatic heterocycles. The van der Waals surface area contributed by atoms with Crippen molar-refractivity contribution in [1.29, 1.82) is 0 Å². The third kappa shape index (κ3) is 2.77. The molecule has 1 saturated heterocycles. The molecule has 1 fully saturated rings. The van der Waals surface area contributed by atoms with Crippen LogP contribution in [0, 0.1) is 0 Å². The summed E-state index contributed by atoms with van der Waals surface area (Å²) in [5, 5.41) is 3.24. The lowest BCUT2D eigenvalue weighted by Crippen LogP contribution is -2.46. The quantitative estimate of drug-likeness (QED) is 0.918. The highest BCUT2D eigenvalue weighted by molar-refractivity contribution is 9.10. The zero-order chi connectivity index (χ0) is 13.2. The van der Waals surface area contributed by atoms with Crippen molar-refractivity contribution in [2.45, 2.75) is 23.8 Å². The molecule has 6 heteroatoms. The molecule has 4 nitrogen and oxygen atoms in total. The maximum absolute atomic E-state index is 12.5. The second-order valence-corrected chi connectivity index (χ2v) is 7.27. The van der Waals surface area contributed by atoms with E-state index in [-0.39, 0.29) is 6.04 Å². The minimum absolute atomic E-state index is 0.0378. The molecule has 1 N–H and O–H groups in total. The molecule has 0 aromatic heterocycles. The van der Waals surface area contributed by atoms with Gasteiger partial charge in [0.1, 0.15) is 0 Å². The van der Waals surface area contributed by atoms with Gasteiger partial charge >= 0.3 is 0 Å². The summed E-state index contributed by atoms with van der Waals surface area (Å²) >= 11 is 3.30. The largest absolute Gasteiger partial charge is 0.315 e. The van der Waals surface area contributed by atoms with E-state index in [1.807, 2.05) is 6.07 Å². The first-order valence-electron chi connectivity index (χ1n) is 5.97. The first-order chi connectivity index (χ1) is 8.53. The van der Waals surface area contributed by atoms with Gasteiger partial charge in [-0.1, -0.05) is 12.1 Å². The van der Waals surface area contributed by atoms with Crippen LogP contribution in [0.4, 0.5) is 0 Å². The van der Waals surface area contributed by atoms with Crippen LogP contribution in [-0.4, -0.2) is 38.9 Å². The summed E-state index contributed by atoms with van der Waals surface area (Å²) in [4.78, 5) is 0.332. The molecule has 1 atom stereocenters. The summed E-state index contributed by atoms with van der Waals surface area (Å²) in [6, 6.07) is 6.97. The van der Waals surface area contributed by atoms with E-state index in [4.69, 9.17) is 0 Å². The molecule has 0 aliphatic carbocycles. The highest BCUT2D eigenvalue weighted by Gasteiger charge is 2.30. The van der Waals surface area contributed by atoms with E-state index in [9.17, 15) is 8.42 Å². The lowest BCUT2D eigenvalue weighted by molar-refractivity contribution is 0.300. The van der Waals surface area contributed by atoms with Gasteiger partial charge in [0.05, 0.1) is 4.90 Å². The Kier molecular flexibility index (Phi) is 4.42. The Bertz CT molecular complexity index is 513. The molecule has 1 heterocycles. The summed E-state index contributed by atoms with van der Waals surface area (Å²) in [6.45, 7) is 1.69. The lowest BCUT2D eigenvalue weighted by atomic mass is 10.1. The van der Waals surface area contributed by atoms with Gasteiger partial charge in [-0.25, -0.2) is 8.42 Å². The van der Waals surface area contributed by atoms with Crippen molar-refractivity contribution in [3.8, 4) is 0 Å². The number of benzene rings is 1. The van der Waals surface area contributed by atoms with Crippen molar-refractivity contribution in [2.75, 3.05) is 20.1 Å². The number of piperidine rings is 1. The van der Waals surface area contributed by atoms with Gasteiger partial charge in [-0.2, -0.15) is 4.31 Å². The Morgan fingerprint density at radius 1 is 1.39 bits per heavy atom. The van der Waals surface area contributed by atoms with E-state index < -0.39 is 10.0 Å². The van der Waals surface area contributed by atoms with Crippen LogP contribution in [0.25, 0.3) is 0 Å². The highest BCUT2D eigenvalue weighted by atomic mass is 79.9. The van der Waals surface area contributed by atoms with Gasteiger partial charge < -0.3 is 5.32 Å². The molecule has 100 valence electrons. The first kappa shape index (κ1) is 14.0. The molecule has 0 saturated carbocycles. The molecule has 1 aromatic carbocycles. The summed E-state index contributed by atoms with van der Waals surface area (Å²) < 4.78 is 27.1. The fourth-order valence-corrected chi connectivity index (χ4v) is 4.50. The number of rotatable bonds is 3. The third-order valence-corrected chi connectivity index (χ3v) is 6.20. The third-order valence-electron chi connectivity index (χ3n) is 3.28. The van der Waals surface area contributed by atoms with E-state index >= 15 is 0 Å². The smallest absolute Gasteiger partial charge is 0.244 e. The van der Waals surface area contributed by atoms with E-state index in [0.717, 1.165) is 25.9 Å². The SMILES string of the molecule is CN([C@@H]1CCCNC1)S(=O)(=O)c1ccccc1Br. The minimum Gasteiger partial charge on any atom is -0.315 e. The molecular weight excluding hydrogens is 316 g/mol. The van der Waals surface area contributed by atoms with Gasteiger partial charge in [-0.05, 0) is 47.4 Å². The molecule has 0 bridgehead atoms. The zero-order valence-electron chi connectivity index (χ0n) is 10.3. The van der Waals surface area contributed by atoms with E-state index in [1.54, 1.807) is 25.2 Å². The Labute approximate surface area is 117 Å². The topological polar surface area (TPSA) is 49.4 Å². The molecular formula is C12H17BrN2O2S. The number of nitrogens with zero attached hydrogens (tertiary/aromatic N) is 1. The summed E-state index contributed by atoms with van der Waals surface area (Å²) in [5.41, 5.74) is 0. The van der Waals surface area contributed by atoms with Gasteiger partial charge in [0, 0.05) is 24.1 Å². The lowest BCUT2D eigenvalue weighted by Gasteiger charge is -2.31. The number of halogens is 1. The summed E-state index contributed by atoms with van der Waals surface area (Å²) in [7, 11) is -1.76. The van der Waals surface area contributed by atoms with Crippen LogP contribution < -0.4 is 5.32 Å². The van der Waals surface area contributed by atoms with Crippen LogP contribution in [0.1, 0.15) is 12.8 Å². The predicted octanol–water partition coefficient (Wildman–Crippen LogP) is 1.82. The second kappa shape index (κ2) is 5.69. The maximum Gasteiger partial charge on any atom is 0.244 e. The Balaban J connectivity index is 2.28. The normalized spacial score (nSPS) is 21.2. The zero-order valence-corrected chi connectivity index (χ0v) is 12.7. The van der Waals surface area contributed by atoms with Gasteiger partial charge in [0.15, 0.2) is 0 Å². The van der Waals surface area contributed by atoms with Crippen molar-refractivity contribution < 1.29 is 8.42 Å². The first-order valence-corrected chi connectivity index (χ1v) is 8.20. The molecule has 18 heavy (non-hydrogen) atoms. The number of nitrogens with one attached hydrogen (secondary N) is 1. The van der Waals surface area contributed by atoms with Crippen LogP contribution in [0.15, 0.2) is 33.6 Å². The maximum atomic E-state index is 12.5. The van der Waals surface area contributed by atoms with Crippen molar-refractivity contribution in [3.63, 3.8) is 0 Å². The highest BCUT2D eigenvalue weighted by Crippen LogP contribution is 2.26.